The average molecular weight is 247 g/mol. The van der Waals surface area contributed by atoms with Crippen molar-refractivity contribution < 1.29 is 4.79 Å². The molecule has 0 aliphatic rings. The smallest absolute Gasteiger partial charge is 0.166 e. The van der Waals surface area contributed by atoms with Gasteiger partial charge in [0.25, 0.3) is 0 Å². The van der Waals surface area contributed by atoms with Crippen molar-refractivity contribution in [2.45, 2.75) is 33.1 Å². The Kier molecular flexibility index (Phi) is 5.54. The highest BCUT2D eigenvalue weighted by atomic mass is 16.1. The summed E-state index contributed by atoms with van der Waals surface area (Å²) in [6.07, 6.45) is 1.13. The van der Waals surface area contributed by atoms with Crippen LogP contribution in [0, 0.1) is 5.92 Å². The highest BCUT2D eigenvalue weighted by molar-refractivity contribution is 5.97. The summed E-state index contributed by atoms with van der Waals surface area (Å²) in [5.74, 6) is 0.849. The Bertz CT molecular complexity index is 381. The van der Waals surface area contributed by atoms with E-state index in [1.807, 2.05) is 33.2 Å². The second-order valence-electron chi connectivity index (χ2n) is 5.46. The first-order chi connectivity index (χ1) is 8.45. The summed E-state index contributed by atoms with van der Waals surface area (Å²) >= 11 is 0. The number of hydrogen-bond donors (Lipinski definition) is 0. The molecule has 0 spiro atoms. The van der Waals surface area contributed by atoms with E-state index in [0.717, 1.165) is 18.5 Å². The minimum atomic E-state index is 0.0504. The maximum absolute atomic E-state index is 12.2. The predicted octanol–water partition coefficient (Wildman–Crippen LogP) is 3.58. The number of nitrogens with zero attached hydrogens (tertiary/aromatic N) is 1. The number of carbonyl (C=O) groups is 1. The molecule has 1 aromatic carbocycles. The molecule has 18 heavy (non-hydrogen) atoms. The molecule has 2 nitrogen and oxygen atoms in total. The van der Waals surface area contributed by atoms with Gasteiger partial charge in [-0.3, -0.25) is 4.79 Å². The molecule has 0 aromatic heterocycles. The summed E-state index contributed by atoms with van der Waals surface area (Å²) in [6.45, 7) is 7.19. The molecule has 0 bridgehead atoms. The van der Waals surface area contributed by atoms with Crippen molar-refractivity contribution in [2.24, 2.45) is 5.92 Å². The van der Waals surface area contributed by atoms with Crippen molar-refractivity contribution in [3.8, 4) is 0 Å². The molecule has 2 unspecified atom stereocenters. The van der Waals surface area contributed by atoms with Gasteiger partial charge in [-0.2, -0.15) is 0 Å². The van der Waals surface area contributed by atoms with Crippen LogP contribution in [0.1, 0.15) is 49.0 Å². The molecule has 1 rings (SSSR count). The van der Waals surface area contributed by atoms with Crippen LogP contribution in [0.5, 0.6) is 0 Å². The molecule has 0 fully saturated rings. The summed E-state index contributed by atoms with van der Waals surface area (Å²) < 4.78 is 0. The molecular weight excluding hydrogens is 222 g/mol. The zero-order valence-corrected chi connectivity index (χ0v) is 12.2. The van der Waals surface area contributed by atoms with Gasteiger partial charge in [0.2, 0.25) is 0 Å². The molecule has 0 heterocycles. The normalized spacial score (nSPS) is 14.6. The van der Waals surface area contributed by atoms with Crippen molar-refractivity contribution >= 4 is 5.78 Å². The van der Waals surface area contributed by atoms with Crippen molar-refractivity contribution in [1.82, 2.24) is 4.90 Å². The minimum Gasteiger partial charge on any atom is -0.309 e. The number of ketones is 1. The molecule has 1 aromatic rings. The van der Waals surface area contributed by atoms with Gasteiger partial charge in [-0.25, -0.2) is 0 Å². The van der Waals surface area contributed by atoms with Gasteiger partial charge in [-0.05, 0) is 32.0 Å². The maximum Gasteiger partial charge on any atom is 0.166 e. The van der Waals surface area contributed by atoms with Crippen LogP contribution in [0.15, 0.2) is 24.3 Å². The molecule has 2 heteroatoms. The standard InChI is InChI=1S/C16H25NO/c1-6-12(2)14-7-9-15(10-8-14)16(18)13(3)11-17(4)5/h7-10,12-13H,6,11H2,1-5H3. The van der Waals surface area contributed by atoms with Gasteiger partial charge in [0.1, 0.15) is 0 Å². The fraction of sp³-hybridized carbons (Fsp3) is 0.562. The number of Topliss-reactive ketones (excluding diaryl/α,β-unsaturated/α-hetero) is 1. The second-order valence-corrected chi connectivity index (χ2v) is 5.46. The van der Waals surface area contributed by atoms with Crippen molar-refractivity contribution in [1.29, 1.82) is 0 Å². The third-order valence-corrected chi connectivity index (χ3v) is 3.46. The molecular formula is C16H25NO. The van der Waals surface area contributed by atoms with Gasteiger partial charge >= 0.3 is 0 Å². The second kappa shape index (κ2) is 6.69. The van der Waals surface area contributed by atoms with E-state index in [2.05, 4.69) is 30.9 Å². The van der Waals surface area contributed by atoms with E-state index in [1.165, 1.54) is 5.56 Å². The van der Waals surface area contributed by atoms with Crippen LogP contribution < -0.4 is 0 Å². The van der Waals surface area contributed by atoms with Crippen molar-refractivity contribution in [2.75, 3.05) is 20.6 Å². The van der Waals surface area contributed by atoms with E-state index >= 15 is 0 Å². The molecule has 100 valence electrons. The van der Waals surface area contributed by atoms with E-state index < -0.39 is 0 Å². The third kappa shape index (κ3) is 3.95. The highest BCUT2D eigenvalue weighted by Crippen LogP contribution is 2.20. The predicted molar refractivity (Wildman–Crippen MR) is 77.2 cm³/mol. The molecule has 2 atom stereocenters. The van der Waals surface area contributed by atoms with E-state index in [-0.39, 0.29) is 11.7 Å². The van der Waals surface area contributed by atoms with Crippen LogP contribution >= 0.6 is 0 Å². The summed E-state index contributed by atoms with van der Waals surface area (Å²) in [6, 6.07) is 8.11. The van der Waals surface area contributed by atoms with E-state index in [0.29, 0.717) is 5.92 Å². The average Bonchev–Trinajstić information content (AvgIpc) is 2.36. The summed E-state index contributed by atoms with van der Waals surface area (Å²) in [4.78, 5) is 14.3. The van der Waals surface area contributed by atoms with E-state index in [9.17, 15) is 4.79 Å². The Hall–Kier alpha value is -1.15. The van der Waals surface area contributed by atoms with Crippen LogP contribution in [0.2, 0.25) is 0 Å². The molecule has 0 amide bonds. The highest BCUT2D eigenvalue weighted by Gasteiger charge is 2.16. The van der Waals surface area contributed by atoms with Crippen molar-refractivity contribution in [3.63, 3.8) is 0 Å². The number of benzene rings is 1. The van der Waals surface area contributed by atoms with Gasteiger partial charge in [0, 0.05) is 18.0 Å². The van der Waals surface area contributed by atoms with Crippen LogP contribution in [0.4, 0.5) is 0 Å². The Morgan fingerprint density at radius 1 is 1.17 bits per heavy atom. The SMILES string of the molecule is CCC(C)c1ccc(C(=O)C(C)CN(C)C)cc1. The molecule has 0 N–H and O–H groups in total. The van der Waals surface area contributed by atoms with Crippen LogP contribution in [-0.2, 0) is 0 Å². The quantitative estimate of drug-likeness (QED) is 0.716. The first-order valence-electron chi connectivity index (χ1n) is 6.74. The molecule has 0 aliphatic heterocycles. The summed E-state index contributed by atoms with van der Waals surface area (Å²) in [5, 5.41) is 0. The lowest BCUT2D eigenvalue weighted by Crippen LogP contribution is -2.25. The van der Waals surface area contributed by atoms with Gasteiger partial charge in [0.05, 0.1) is 0 Å². The first-order valence-corrected chi connectivity index (χ1v) is 6.74. The lowest BCUT2D eigenvalue weighted by Gasteiger charge is -2.16. The van der Waals surface area contributed by atoms with Crippen molar-refractivity contribution in [3.05, 3.63) is 35.4 Å². The fourth-order valence-corrected chi connectivity index (χ4v) is 2.13. The monoisotopic (exact) mass is 247 g/mol. The maximum atomic E-state index is 12.2. The van der Waals surface area contributed by atoms with Crippen LogP contribution in [-0.4, -0.2) is 31.3 Å². The zero-order chi connectivity index (χ0) is 13.7. The van der Waals surface area contributed by atoms with Gasteiger partial charge < -0.3 is 4.90 Å². The number of hydrogen-bond acceptors (Lipinski definition) is 2. The number of rotatable bonds is 6. The van der Waals surface area contributed by atoms with Gasteiger partial charge in [-0.15, -0.1) is 0 Å². The molecule has 0 aliphatic carbocycles. The number of carbonyl (C=O) groups excluding carboxylic acids is 1. The van der Waals surface area contributed by atoms with E-state index in [4.69, 9.17) is 0 Å². The van der Waals surface area contributed by atoms with Gasteiger partial charge in [-0.1, -0.05) is 45.0 Å². The van der Waals surface area contributed by atoms with Crippen LogP contribution in [0.25, 0.3) is 0 Å². The van der Waals surface area contributed by atoms with E-state index in [1.54, 1.807) is 0 Å². The molecule has 0 saturated carbocycles. The van der Waals surface area contributed by atoms with Crippen LogP contribution in [0.3, 0.4) is 0 Å². The Balaban J connectivity index is 2.75. The topological polar surface area (TPSA) is 20.3 Å². The Labute approximate surface area is 111 Å². The Morgan fingerprint density at radius 3 is 2.17 bits per heavy atom. The lowest BCUT2D eigenvalue weighted by molar-refractivity contribution is 0.0910. The summed E-state index contributed by atoms with van der Waals surface area (Å²) in [5.41, 5.74) is 2.14. The summed E-state index contributed by atoms with van der Waals surface area (Å²) in [7, 11) is 3.99. The van der Waals surface area contributed by atoms with Gasteiger partial charge in [0.15, 0.2) is 5.78 Å². The molecule has 0 radical (unpaired) electrons. The first kappa shape index (κ1) is 14.9. The minimum absolute atomic E-state index is 0.0504. The Morgan fingerprint density at radius 2 is 1.72 bits per heavy atom. The fourth-order valence-electron chi connectivity index (χ4n) is 2.13. The zero-order valence-electron chi connectivity index (χ0n) is 12.2. The largest absolute Gasteiger partial charge is 0.309 e. The third-order valence-electron chi connectivity index (χ3n) is 3.46. The molecule has 0 saturated heterocycles. The lowest BCUT2D eigenvalue weighted by atomic mass is 9.94.